The van der Waals surface area contributed by atoms with Crippen molar-refractivity contribution in [3.63, 3.8) is 0 Å². The van der Waals surface area contributed by atoms with Crippen molar-refractivity contribution in [2.45, 2.75) is 25.2 Å². The highest BCUT2D eigenvalue weighted by molar-refractivity contribution is 6.01. The Morgan fingerprint density at radius 3 is 2.54 bits per heavy atom. The summed E-state index contributed by atoms with van der Waals surface area (Å²) in [4.78, 5) is 13.9. The second kappa shape index (κ2) is 6.57. The van der Waals surface area contributed by atoms with E-state index in [1.54, 1.807) is 0 Å². The molecule has 9 heteroatoms. The minimum absolute atomic E-state index is 0.0256. The molecule has 0 radical (unpaired) electrons. The third-order valence-corrected chi connectivity index (χ3v) is 3.62. The van der Waals surface area contributed by atoms with Gasteiger partial charge < -0.3 is 20.1 Å². The summed E-state index contributed by atoms with van der Waals surface area (Å²) in [6.45, 7) is 1.37. The van der Waals surface area contributed by atoms with E-state index in [9.17, 15) is 18.0 Å². The number of ether oxygens (including phenoxy) is 2. The highest BCUT2D eigenvalue weighted by Gasteiger charge is 2.40. The fourth-order valence-electron chi connectivity index (χ4n) is 2.26. The first-order chi connectivity index (χ1) is 11.2. The maximum Gasteiger partial charge on any atom is 0.425 e. The number of carbonyl (C=O) groups is 1. The van der Waals surface area contributed by atoms with Crippen molar-refractivity contribution < 1.29 is 27.4 Å². The molecule has 2 rings (SSSR count). The van der Waals surface area contributed by atoms with Crippen LogP contribution in [0.5, 0.6) is 11.5 Å². The van der Waals surface area contributed by atoms with Crippen LogP contribution in [0.1, 0.15) is 22.8 Å². The van der Waals surface area contributed by atoms with E-state index in [1.807, 2.05) is 6.07 Å². The Kier molecular flexibility index (Phi) is 4.89. The van der Waals surface area contributed by atoms with E-state index in [-0.39, 0.29) is 41.8 Å². The summed E-state index contributed by atoms with van der Waals surface area (Å²) < 4.78 is 48.3. The fraction of sp³-hybridized carbons (Fsp3) is 0.467. The number of carbonyl (C=O) groups excluding carboxylic acids is 1. The SMILES string of the molecule is COc1c(C#N)ccc(OC(C)C(F)(F)F)c1C(=O)N1CC(N)C1. The van der Waals surface area contributed by atoms with Gasteiger partial charge in [-0.15, -0.1) is 0 Å². The van der Waals surface area contributed by atoms with Gasteiger partial charge in [-0.25, -0.2) is 0 Å². The number of nitrogens with zero attached hydrogens (tertiary/aromatic N) is 2. The molecule has 0 spiro atoms. The van der Waals surface area contributed by atoms with Gasteiger partial charge in [-0.3, -0.25) is 4.79 Å². The Morgan fingerprint density at radius 2 is 2.08 bits per heavy atom. The summed E-state index contributed by atoms with van der Waals surface area (Å²) in [5.74, 6) is -0.994. The molecule has 1 fully saturated rings. The largest absolute Gasteiger partial charge is 0.494 e. The molecule has 1 amide bonds. The standard InChI is InChI=1S/C15H16F3N3O3/c1-8(15(16,17)18)24-11-4-3-9(5-19)13(23-2)12(11)14(22)21-6-10(20)7-21/h3-4,8,10H,6-7,20H2,1-2H3. The Balaban J connectivity index is 2.46. The monoisotopic (exact) mass is 343 g/mol. The summed E-state index contributed by atoms with van der Waals surface area (Å²) in [6.07, 6.45) is -6.72. The molecular weight excluding hydrogens is 327 g/mol. The normalized spacial score (nSPS) is 16.1. The number of rotatable bonds is 4. The minimum atomic E-state index is -4.60. The fourth-order valence-corrected chi connectivity index (χ4v) is 2.26. The molecule has 1 saturated heterocycles. The van der Waals surface area contributed by atoms with E-state index < -0.39 is 18.2 Å². The van der Waals surface area contributed by atoms with E-state index in [0.717, 1.165) is 13.0 Å². The average Bonchev–Trinajstić information content (AvgIpc) is 2.49. The number of hydrogen-bond acceptors (Lipinski definition) is 5. The number of likely N-dealkylation sites (tertiary alicyclic amines) is 1. The van der Waals surface area contributed by atoms with Gasteiger partial charge >= 0.3 is 6.18 Å². The Morgan fingerprint density at radius 1 is 1.46 bits per heavy atom. The molecule has 1 aromatic carbocycles. The predicted molar refractivity (Wildman–Crippen MR) is 77.7 cm³/mol. The van der Waals surface area contributed by atoms with Gasteiger partial charge in [-0.1, -0.05) is 0 Å². The van der Waals surface area contributed by atoms with Gasteiger partial charge in [0, 0.05) is 19.1 Å². The second-order valence-electron chi connectivity index (χ2n) is 5.40. The van der Waals surface area contributed by atoms with Crippen LogP contribution < -0.4 is 15.2 Å². The number of amides is 1. The minimum Gasteiger partial charge on any atom is -0.494 e. The van der Waals surface area contributed by atoms with Crippen LogP contribution in [0.4, 0.5) is 13.2 Å². The number of halogens is 3. The Hall–Kier alpha value is -2.47. The molecule has 0 aliphatic carbocycles. The van der Waals surface area contributed by atoms with Crippen LogP contribution >= 0.6 is 0 Å². The van der Waals surface area contributed by atoms with Gasteiger partial charge in [0.1, 0.15) is 17.4 Å². The first kappa shape index (κ1) is 17.9. The molecular formula is C15H16F3N3O3. The van der Waals surface area contributed by atoms with E-state index in [1.165, 1.54) is 18.1 Å². The molecule has 130 valence electrons. The van der Waals surface area contributed by atoms with Gasteiger partial charge in [0.15, 0.2) is 11.9 Å². The zero-order chi connectivity index (χ0) is 18.1. The second-order valence-corrected chi connectivity index (χ2v) is 5.40. The lowest BCUT2D eigenvalue weighted by atomic mass is 10.0. The summed E-state index contributed by atoms with van der Waals surface area (Å²) >= 11 is 0. The first-order valence-corrected chi connectivity index (χ1v) is 7.08. The molecule has 2 N–H and O–H groups in total. The van der Waals surface area contributed by atoms with Gasteiger partial charge in [-0.05, 0) is 19.1 Å². The summed E-state index contributed by atoms with van der Waals surface area (Å²) in [5, 5.41) is 9.11. The maximum atomic E-state index is 12.8. The number of benzene rings is 1. The van der Waals surface area contributed by atoms with Gasteiger partial charge in [0.2, 0.25) is 0 Å². The smallest absolute Gasteiger partial charge is 0.425 e. The maximum absolute atomic E-state index is 12.8. The van der Waals surface area contributed by atoms with Crippen molar-refractivity contribution in [2.24, 2.45) is 5.73 Å². The lowest BCUT2D eigenvalue weighted by Gasteiger charge is -2.37. The highest BCUT2D eigenvalue weighted by atomic mass is 19.4. The number of alkyl halides is 3. The van der Waals surface area contributed by atoms with Crippen LogP contribution in [0.3, 0.4) is 0 Å². The number of nitriles is 1. The highest BCUT2D eigenvalue weighted by Crippen LogP contribution is 2.36. The van der Waals surface area contributed by atoms with Crippen molar-refractivity contribution in [2.75, 3.05) is 20.2 Å². The van der Waals surface area contributed by atoms with E-state index in [2.05, 4.69) is 0 Å². The van der Waals surface area contributed by atoms with Crippen LogP contribution in [0.25, 0.3) is 0 Å². The zero-order valence-corrected chi connectivity index (χ0v) is 13.1. The Bertz CT molecular complexity index is 679. The molecule has 0 bridgehead atoms. The molecule has 24 heavy (non-hydrogen) atoms. The quantitative estimate of drug-likeness (QED) is 0.898. The third kappa shape index (κ3) is 3.38. The molecule has 1 unspecified atom stereocenters. The van der Waals surface area contributed by atoms with Crippen molar-refractivity contribution in [1.82, 2.24) is 4.90 Å². The number of hydrogen-bond donors (Lipinski definition) is 1. The molecule has 1 aliphatic rings. The van der Waals surface area contributed by atoms with E-state index in [0.29, 0.717) is 0 Å². The van der Waals surface area contributed by atoms with E-state index >= 15 is 0 Å². The summed E-state index contributed by atoms with van der Waals surface area (Å²) in [5.41, 5.74) is 5.45. The van der Waals surface area contributed by atoms with Gasteiger partial charge in [-0.2, -0.15) is 18.4 Å². The van der Waals surface area contributed by atoms with Gasteiger partial charge in [0.05, 0.1) is 12.7 Å². The lowest BCUT2D eigenvalue weighted by molar-refractivity contribution is -0.189. The zero-order valence-electron chi connectivity index (χ0n) is 13.1. The lowest BCUT2D eigenvalue weighted by Crippen LogP contribution is -2.57. The number of nitrogens with two attached hydrogens (primary N) is 1. The molecule has 6 nitrogen and oxygen atoms in total. The van der Waals surface area contributed by atoms with Crippen LogP contribution in [-0.4, -0.2) is 49.3 Å². The topological polar surface area (TPSA) is 88.6 Å². The van der Waals surface area contributed by atoms with Gasteiger partial charge in [0.25, 0.3) is 5.91 Å². The molecule has 0 aromatic heterocycles. The summed E-state index contributed by atoms with van der Waals surface area (Å²) in [6, 6.07) is 4.06. The third-order valence-electron chi connectivity index (χ3n) is 3.62. The van der Waals surface area contributed by atoms with Crippen molar-refractivity contribution in [3.8, 4) is 17.6 Å². The number of methoxy groups -OCH3 is 1. The van der Waals surface area contributed by atoms with Crippen LogP contribution in [0, 0.1) is 11.3 Å². The first-order valence-electron chi connectivity index (χ1n) is 7.08. The van der Waals surface area contributed by atoms with Crippen molar-refractivity contribution in [3.05, 3.63) is 23.3 Å². The molecule has 0 saturated carbocycles. The van der Waals surface area contributed by atoms with Crippen molar-refractivity contribution in [1.29, 1.82) is 5.26 Å². The van der Waals surface area contributed by atoms with E-state index in [4.69, 9.17) is 20.5 Å². The molecule has 1 aliphatic heterocycles. The van der Waals surface area contributed by atoms with Crippen molar-refractivity contribution >= 4 is 5.91 Å². The summed E-state index contributed by atoms with van der Waals surface area (Å²) in [7, 11) is 1.23. The van der Waals surface area contributed by atoms with Crippen LogP contribution in [0.15, 0.2) is 12.1 Å². The predicted octanol–water partition coefficient (Wildman–Crippen LogP) is 1.68. The molecule has 1 aromatic rings. The van der Waals surface area contributed by atoms with Crippen LogP contribution in [0.2, 0.25) is 0 Å². The molecule has 1 atom stereocenters. The molecule has 1 heterocycles. The average molecular weight is 343 g/mol. The van der Waals surface area contributed by atoms with Crippen LogP contribution in [-0.2, 0) is 0 Å². The Labute approximate surface area is 136 Å².